The molecule has 2 aromatic carbocycles. The average molecular weight is 364 g/mol. The number of nitrogens with one attached hydrogen (secondary N) is 1. The summed E-state index contributed by atoms with van der Waals surface area (Å²) in [4.78, 5) is 27.4. The van der Waals surface area contributed by atoms with Crippen molar-refractivity contribution in [2.45, 2.75) is 37.8 Å². The monoisotopic (exact) mass is 364 g/mol. The summed E-state index contributed by atoms with van der Waals surface area (Å²) in [6, 6.07) is 17.1. The minimum Gasteiger partial charge on any atom is -0.493 e. The van der Waals surface area contributed by atoms with Crippen LogP contribution in [0.3, 0.4) is 0 Å². The van der Waals surface area contributed by atoms with Gasteiger partial charge in [-0.3, -0.25) is 9.59 Å². The van der Waals surface area contributed by atoms with Crippen LogP contribution in [0.25, 0.3) is 0 Å². The zero-order valence-corrected chi connectivity index (χ0v) is 15.3. The van der Waals surface area contributed by atoms with E-state index in [0.717, 1.165) is 36.1 Å². The molecule has 0 spiro atoms. The van der Waals surface area contributed by atoms with Crippen molar-refractivity contribution < 1.29 is 14.3 Å². The molecule has 2 aliphatic heterocycles. The summed E-state index contributed by atoms with van der Waals surface area (Å²) in [5, 5.41) is 3.15. The van der Waals surface area contributed by atoms with E-state index in [2.05, 4.69) is 5.32 Å². The van der Waals surface area contributed by atoms with Gasteiger partial charge in [-0.25, -0.2) is 0 Å². The van der Waals surface area contributed by atoms with Gasteiger partial charge in [0.2, 0.25) is 11.8 Å². The number of rotatable bonds is 4. The van der Waals surface area contributed by atoms with Gasteiger partial charge in [0.15, 0.2) is 0 Å². The smallest absolute Gasteiger partial charge is 0.243 e. The van der Waals surface area contributed by atoms with Gasteiger partial charge in [0, 0.05) is 18.5 Å². The van der Waals surface area contributed by atoms with Gasteiger partial charge in [0.05, 0.1) is 19.1 Å². The number of carbonyl (C=O) groups excluding carboxylic acids is 2. The van der Waals surface area contributed by atoms with Crippen molar-refractivity contribution in [1.82, 2.24) is 10.2 Å². The Bertz CT molecular complexity index is 821. The molecule has 0 aliphatic carbocycles. The largest absolute Gasteiger partial charge is 0.493 e. The molecule has 2 atom stereocenters. The van der Waals surface area contributed by atoms with Crippen LogP contribution < -0.4 is 10.1 Å². The van der Waals surface area contributed by atoms with Gasteiger partial charge in [-0.05, 0) is 24.5 Å². The van der Waals surface area contributed by atoms with Crippen molar-refractivity contribution in [2.75, 3.05) is 13.2 Å². The van der Waals surface area contributed by atoms with E-state index in [9.17, 15) is 9.59 Å². The standard InChI is InChI=1S/C22H24N2O3/c25-21(15-16-7-2-1-3-8-16)24-13-6-10-19(24)22(26)23-18-12-14-27-20-11-5-4-9-17(18)20/h1-5,7-9,11,18-19H,6,10,12-15H2,(H,23,26). The van der Waals surface area contributed by atoms with E-state index in [4.69, 9.17) is 4.74 Å². The molecule has 2 heterocycles. The quantitative estimate of drug-likeness (QED) is 0.908. The Morgan fingerprint density at radius 2 is 1.81 bits per heavy atom. The van der Waals surface area contributed by atoms with Crippen LogP contribution in [0.2, 0.25) is 0 Å². The molecule has 1 N–H and O–H groups in total. The van der Waals surface area contributed by atoms with Gasteiger partial charge in [0.1, 0.15) is 11.8 Å². The van der Waals surface area contributed by atoms with E-state index < -0.39 is 0 Å². The minimum atomic E-state index is -0.379. The lowest BCUT2D eigenvalue weighted by Crippen LogP contribution is -2.47. The van der Waals surface area contributed by atoms with E-state index in [-0.39, 0.29) is 23.9 Å². The van der Waals surface area contributed by atoms with E-state index in [1.807, 2.05) is 54.6 Å². The minimum absolute atomic E-state index is 0.0197. The molecule has 0 bridgehead atoms. The third-order valence-electron chi connectivity index (χ3n) is 5.35. The highest BCUT2D eigenvalue weighted by molar-refractivity contribution is 5.89. The van der Waals surface area contributed by atoms with Gasteiger partial charge >= 0.3 is 0 Å². The normalized spacial score (nSPS) is 21.3. The molecule has 1 fully saturated rings. The van der Waals surface area contributed by atoms with Gasteiger partial charge in [-0.15, -0.1) is 0 Å². The Hall–Kier alpha value is -2.82. The zero-order chi connectivity index (χ0) is 18.6. The van der Waals surface area contributed by atoms with Gasteiger partial charge in [-0.1, -0.05) is 48.5 Å². The summed E-state index contributed by atoms with van der Waals surface area (Å²) < 4.78 is 5.67. The first kappa shape index (κ1) is 17.6. The highest BCUT2D eigenvalue weighted by atomic mass is 16.5. The number of hydrogen-bond acceptors (Lipinski definition) is 3. The molecule has 1 saturated heterocycles. The second-order valence-electron chi connectivity index (χ2n) is 7.14. The third kappa shape index (κ3) is 3.82. The van der Waals surface area contributed by atoms with Crippen LogP contribution in [-0.2, 0) is 16.0 Å². The van der Waals surface area contributed by atoms with Crippen molar-refractivity contribution in [3.8, 4) is 5.75 Å². The first-order chi connectivity index (χ1) is 13.2. The number of amides is 2. The number of likely N-dealkylation sites (tertiary alicyclic amines) is 1. The Kier molecular flexibility index (Phi) is 5.10. The lowest BCUT2D eigenvalue weighted by molar-refractivity contribution is -0.138. The molecular weight excluding hydrogens is 340 g/mol. The molecule has 5 nitrogen and oxygen atoms in total. The molecule has 4 rings (SSSR count). The van der Waals surface area contributed by atoms with Crippen LogP contribution >= 0.6 is 0 Å². The maximum atomic E-state index is 12.9. The first-order valence-electron chi connectivity index (χ1n) is 9.58. The summed E-state index contributed by atoms with van der Waals surface area (Å²) in [5.41, 5.74) is 1.99. The van der Waals surface area contributed by atoms with Crippen molar-refractivity contribution >= 4 is 11.8 Å². The number of fused-ring (bicyclic) bond motifs is 1. The molecular formula is C22H24N2O3. The lowest BCUT2D eigenvalue weighted by atomic mass is 10.00. The lowest BCUT2D eigenvalue weighted by Gasteiger charge is -2.30. The van der Waals surface area contributed by atoms with Crippen molar-refractivity contribution in [3.63, 3.8) is 0 Å². The van der Waals surface area contributed by atoms with E-state index >= 15 is 0 Å². The van der Waals surface area contributed by atoms with E-state index in [0.29, 0.717) is 19.6 Å². The van der Waals surface area contributed by atoms with Crippen molar-refractivity contribution in [3.05, 3.63) is 65.7 Å². The van der Waals surface area contributed by atoms with Crippen LogP contribution in [0.15, 0.2) is 54.6 Å². The Morgan fingerprint density at radius 3 is 2.67 bits per heavy atom. The second-order valence-corrected chi connectivity index (χ2v) is 7.14. The molecule has 0 radical (unpaired) electrons. The topological polar surface area (TPSA) is 58.6 Å². The van der Waals surface area contributed by atoms with Crippen LogP contribution in [0, 0.1) is 0 Å². The predicted octanol–water partition coefficient (Wildman–Crippen LogP) is 2.86. The first-order valence-corrected chi connectivity index (χ1v) is 9.58. The molecule has 2 aliphatic rings. The maximum absolute atomic E-state index is 12.9. The van der Waals surface area contributed by atoms with Gasteiger partial charge in [0.25, 0.3) is 0 Å². The predicted molar refractivity (Wildman–Crippen MR) is 102 cm³/mol. The number of benzene rings is 2. The molecule has 2 aromatic rings. The summed E-state index contributed by atoms with van der Waals surface area (Å²) in [7, 11) is 0. The number of para-hydroxylation sites is 1. The second kappa shape index (κ2) is 7.82. The Balaban J connectivity index is 1.43. The third-order valence-corrected chi connectivity index (χ3v) is 5.35. The number of nitrogens with zero attached hydrogens (tertiary/aromatic N) is 1. The van der Waals surface area contributed by atoms with Crippen LogP contribution in [0.5, 0.6) is 5.75 Å². The molecule has 2 amide bonds. The average Bonchev–Trinajstić information content (AvgIpc) is 3.19. The maximum Gasteiger partial charge on any atom is 0.243 e. The van der Waals surface area contributed by atoms with Crippen molar-refractivity contribution in [1.29, 1.82) is 0 Å². The molecule has 5 heteroatoms. The molecule has 2 unspecified atom stereocenters. The van der Waals surface area contributed by atoms with Gasteiger partial charge < -0.3 is 15.0 Å². The van der Waals surface area contributed by atoms with Crippen LogP contribution in [0.4, 0.5) is 0 Å². The number of carbonyl (C=O) groups is 2. The fourth-order valence-electron chi connectivity index (χ4n) is 3.97. The molecule has 140 valence electrons. The fourth-order valence-corrected chi connectivity index (χ4v) is 3.97. The fraction of sp³-hybridized carbons (Fsp3) is 0.364. The summed E-state index contributed by atoms with van der Waals surface area (Å²) in [6.45, 7) is 1.23. The number of hydrogen-bond donors (Lipinski definition) is 1. The van der Waals surface area contributed by atoms with Crippen LogP contribution in [-0.4, -0.2) is 35.9 Å². The summed E-state index contributed by atoms with van der Waals surface area (Å²) in [6.07, 6.45) is 2.67. The Morgan fingerprint density at radius 1 is 1.04 bits per heavy atom. The summed E-state index contributed by atoms with van der Waals surface area (Å²) in [5.74, 6) is 0.791. The SMILES string of the molecule is O=C(NC1CCOc2ccccc21)C1CCCN1C(=O)Cc1ccccc1. The Labute approximate surface area is 159 Å². The van der Waals surface area contributed by atoms with Crippen molar-refractivity contribution in [2.24, 2.45) is 0 Å². The zero-order valence-electron chi connectivity index (χ0n) is 15.3. The van der Waals surface area contributed by atoms with Crippen LogP contribution in [0.1, 0.15) is 36.4 Å². The highest BCUT2D eigenvalue weighted by Crippen LogP contribution is 2.32. The van der Waals surface area contributed by atoms with E-state index in [1.54, 1.807) is 4.90 Å². The number of ether oxygens (including phenoxy) is 1. The van der Waals surface area contributed by atoms with Gasteiger partial charge in [-0.2, -0.15) is 0 Å². The highest BCUT2D eigenvalue weighted by Gasteiger charge is 2.35. The molecule has 0 saturated carbocycles. The molecule has 0 aromatic heterocycles. The van der Waals surface area contributed by atoms with E-state index in [1.165, 1.54) is 0 Å². The molecule has 27 heavy (non-hydrogen) atoms. The summed E-state index contributed by atoms with van der Waals surface area (Å²) >= 11 is 0.